The topological polar surface area (TPSA) is 18.5 Å². The molecule has 0 radical (unpaired) electrons. The van der Waals surface area contributed by atoms with E-state index in [1.165, 1.54) is 16.7 Å². The van der Waals surface area contributed by atoms with E-state index in [-0.39, 0.29) is 17.1 Å². The summed E-state index contributed by atoms with van der Waals surface area (Å²) in [5.74, 6) is 0.551. The van der Waals surface area contributed by atoms with Crippen molar-refractivity contribution in [2.75, 3.05) is 13.2 Å². The van der Waals surface area contributed by atoms with Crippen LogP contribution in [0.2, 0.25) is 0 Å². The van der Waals surface area contributed by atoms with Crippen molar-refractivity contribution in [2.24, 2.45) is 11.3 Å². The molecule has 4 atom stereocenters. The highest BCUT2D eigenvalue weighted by Gasteiger charge is 2.74. The van der Waals surface area contributed by atoms with Crippen LogP contribution in [0.3, 0.4) is 0 Å². The molecule has 0 N–H and O–H groups in total. The van der Waals surface area contributed by atoms with Gasteiger partial charge in [0.05, 0.1) is 24.9 Å². The first-order valence-electron chi connectivity index (χ1n) is 10.6. The highest BCUT2D eigenvalue weighted by atomic mass is 16.5. The van der Waals surface area contributed by atoms with Gasteiger partial charge in [0.25, 0.3) is 0 Å². The number of benzene rings is 3. The summed E-state index contributed by atoms with van der Waals surface area (Å²) >= 11 is 0. The average molecular weight is 385 g/mol. The fourth-order valence-corrected chi connectivity index (χ4v) is 5.33. The Balaban J connectivity index is 1.46. The Morgan fingerprint density at radius 2 is 1.52 bits per heavy atom. The second-order valence-electron chi connectivity index (χ2n) is 8.55. The molecule has 1 unspecified atom stereocenters. The molecule has 3 aromatic rings. The summed E-state index contributed by atoms with van der Waals surface area (Å²) in [5.41, 5.74) is 3.50. The zero-order valence-electron chi connectivity index (χ0n) is 17.0. The Labute approximate surface area is 173 Å². The van der Waals surface area contributed by atoms with Gasteiger partial charge in [-0.2, -0.15) is 0 Å². The molecule has 2 nitrogen and oxygen atoms in total. The molecule has 1 saturated carbocycles. The predicted octanol–water partition coefficient (Wildman–Crippen LogP) is 5.94. The Morgan fingerprint density at radius 3 is 2.17 bits per heavy atom. The Kier molecular flexibility index (Phi) is 4.77. The molecule has 1 aliphatic heterocycles. The Morgan fingerprint density at radius 1 is 0.897 bits per heavy atom. The number of fused-ring (bicyclic) bond motifs is 1. The molecule has 148 valence electrons. The number of hydrogen-bond donors (Lipinski definition) is 0. The Hall–Kier alpha value is -2.42. The van der Waals surface area contributed by atoms with Gasteiger partial charge >= 0.3 is 0 Å². The van der Waals surface area contributed by atoms with E-state index in [4.69, 9.17) is 9.47 Å². The quantitative estimate of drug-likeness (QED) is 0.502. The van der Waals surface area contributed by atoms with Crippen molar-refractivity contribution in [3.05, 3.63) is 108 Å². The number of rotatable bonds is 7. The van der Waals surface area contributed by atoms with E-state index < -0.39 is 0 Å². The molecule has 5 rings (SSSR count). The molecule has 0 aromatic heterocycles. The van der Waals surface area contributed by atoms with Gasteiger partial charge in [-0.1, -0.05) is 91.0 Å². The van der Waals surface area contributed by atoms with E-state index in [2.05, 4.69) is 97.9 Å². The molecule has 0 bridgehead atoms. The molecule has 1 heterocycles. The van der Waals surface area contributed by atoms with Gasteiger partial charge in [-0.05, 0) is 42.4 Å². The van der Waals surface area contributed by atoms with Crippen LogP contribution in [0.1, 0.15) is 36.1 Å². The summed E-state index contributed by atoms with van der Waals surface area (Å²) in [5, 5.41) is 0. The lowest BCUT2D eigenvalue weighted by Gasteiger charge is -2.40. The Bertz CT molecular complexity index is 940. The summed E-state index contributed by atoms with van der Waals surface area (Å²) in [6, 6.07) is 32.0. The lowest BCUT2D eigenvalue weighted by Crippen LogP contribution is -2.38. The van der Waals surface area contributed by atoms with Crippen LogP contribution in [0.25, 0.3) is 0 Å². The van der Waals surface area contributed by atoms with E-state index in [0.717, 1.165) is 19.4 Å². The minimum Gasteiger partial charge on any atom is -0.372 e. The van der Waals surface area contributed by atoms with E-state index >= 15 is 0 Å². The van der Waals surface area contributed by atoms with E-state index in [1.807, 2.05) is 0 Å². The first-order chi connectivity index (χ1) is 14.2. The first-order valence-corrected chi connectivity index (χ1v) is 10.6. The van der Waals surface area contributed by atoms with Crippen LogP contribution in [0, 0.1) is 11.3 Å². The molecule has 2 aliphatic rings. The maximum atomic E-state index is 6.70. The molecule has 1 saturated heterocycles. The predicted molar refractivity (Wildman–Crippen MR) is 116 cm³/mol. The number of hydrogen-bond acceptors (Lipinski definition) is 2. The molecular formula is C27H28O2. The molecule has 3 aromatic carbocycles. The fraction of sp³-hybridized carbons (Fsp3) is 0.333. The van der Waals surface area contributed by atoms with Crippen molar-refractivity contribution in [3.63, 3.8) is 0 Å². The van der Waals surface area contributed by atoms with Crippen LogP contribution in [0.4, 0.5) is 0 Å². The van der Waals surface area contributed by atoms with Gasteiger partial charge in [0.2, 0.25) is 0 Å². The van der Waals surface area contributed by atoms with E-state index in [1.54, 1.807) is 0 Å². The minimum atomic E-state index is -0.327. The van der Waals surface area contributed by atoms with Crippen molar-refractivity contribution in [2.45, 2.75) is 31.5 Å². The average Bonchev–Trinajstić information content (AvgIpc) is 3.45. The summed E-state index contributed by atoms with van der Waals surface area (Å²) in [7, 11) is 0. The minimum absolute atomic E-state index is 0.00755. The molecule has 0 amide bonds. The van der Waals surface area contributed by atoms with Crippen LogP contribution >= 0.6 is 0 Å². The van der Waals surface area contributed by atoms with Gasteiger partial charge in [0.1, 0.15) is 0 Å². The van der Waals surface area contributed by atoms with Gasteiger partial charge in [-0.3, -0.25) is 0 Å². The second-order valence-corrected chi connectivity index (χ2v) is 8.55. The summed E-state index contributed by atoms with van der Waals surface area (Å²) in [6.07, 6.45) is 2.11. The largest absolute Gasteiger partial charge is 0.372 e. The lowest BCUT2D eigenvalue weighted by molar-refractivity contribution is -0.108. The van der Waals surface area contributed by atoms with Crippen LogP contribution in [-0.2, 0) is 21.5 Å². The van der Waals surface area contributed by atoms with Crippen LogP contribution < -0.4 is 0 Å². The van der Waals surface area contributed by atoms with Gasteiger partial charge in [-0.15, -0.1) is 0 Å². The normalized spacial score (nSPS) is 28.7. The molecule has 2 fully saturated rings. The zero-order chi connectivity index (χ0) is 19.7. The standard InChI is InChI=1S/C27H28O2/c1-26(23-15-9-4-10-16-23)27(19-24(27)20-29-26)25(22-13-7-3-8-14-22)28-18-17-21-11-5-2-6-12-21/h2-16,24-25H,17-20H2,1H3/t24-,25?,26-,27-/m1/s1. The first kappa shape index (κ1) is 18.6. The maximum absolute atomic E-state index is 6.70. The van der Waals surface area contributed by atoms with Crippen molar-refractivity contribution in [3.8, 4) is 0 Å². The third-order valence-corrected chi connectivity index (χ3v) is 7.03. The van der Waals surface area contributed by atoms with Crippen LogP contribution in [-0.4, -0.2) is 13.2 Å². The maximum Gasteiger partial charge on any atom is 0.0991 e. The fourth-order valence-electron chi connectivity index (χ4n) is 5.33. The smallest absolute Gasteiger partial charge is 0.0991 e. The van der Waals surface area contributed by atoms with Crippen molar-refractivity contribution < 1.29 is 9.47 Å². The highest BCUT2D eigenvalue weighted by Crippen LogP contribution is 2.74. The summed E-state index contributed by atoms with van der Waals surface area (Å²) < 4.78 is 13.2. The van der Waals surface area contributed by atoms with Crippen LogP contribution in [0.5, 0.6) is 0 Å². The second kappa shape index (κ2) is 7.44. The van der Waals surface area contributed by atoms with Gasteiger partial charge in [-0.25, -0.2) is 0 Å². The van der Waals surface area contributed by atoms with Gasteiger partial charge in [0.15, 0.2) is 0 Å². The molecule has 2 heteroatoms. The molecule has 0 spiro atoms. The summed E-state index contributed by atoms with van der Waals surface area (Å²) in [4.78, 5) is 0. The zero-order valence-corrected chi connectivity index (χ0v) is 17.0. The number of ether oxygens (including phenoxy) is 2. The molecular weight excluding hydrogens is 356 g/mol. The van der Waals surface area contributed by atoms with Crippen molar-refractivity contribution >= 4 is 0 Å². The van der Waals surface area contributed by atoms with E-state index in [9.17, 15) is 0 Å². The van der Waals surface area contributed by atoms with E-state index in [0.29, 0.717) is 12.5 Å². The van der Waals surface area contributed by atoms with Gasteiger partial charge < -0.3 is 9.47 Å². The van der Waals surface area contributed by atoms with Crippen molar-refractivity contribution in [1.82, 2.24) is 0 Å². The molecule has 29 heavy (non-hydrogen) atoms. The molecule has 1 aliphatic carbocycles. The summed E-state index contributed by atoms with van der Waals surface area (Å²) in [6.45, 7) is 3.80. The van der Waals surface area contributed by atoms with Crippen molar-refractivity contribution in [1.29, 1.82) is 0 Å². The van der Waals surface area contributed by atoms with Gasteiger partial charge in [0, 0.05) is 5.41 Å². The highest BCUT2D eigenvalue weighted by molar-refractivity contribution is 5.36. The lowest BCUT2D eigenvalue weighted by atomic mass is 9.74. The SMILES string of the molecule is C[C@]1(c2ccccc2)OC[C@H]2C[C@]21C(OCCc1ccccc1)c1ccccc1. The third-order valence-electron chi connectivity index (χ3n) is 7.03. The van der Waals surface area contributed by atoms with Crippen LogP contribution in [0.15, 0.2) is 91.0 Å². The third kappa shape index (κ3) is 3.11. The monoisotopic (exact) mass is 384 g/mol.